The summed E-state index contributed by atoms with van der Waals surface area (Å²) in [7, 11) is 1.70. The SMILES string of the molecule is CCC(CCOC)N(CC)c1cccc(C(=O)O)c1. The molecular weight excluding hydrogens is 242 g/mol. The molecule has 0 aromatic heterocycles. The highest BCUT2D eigenvalue weighted by Gasteiger charge is 2.16. The predicted octanol–water partition coefficient (Wildman–Crippen LogP) is 3.03. The van der Waals surface area contributed by atoms with Gasteiger partial charge in [0.05, 0.1) is 5.56 Å². The van der Waals surface area contributed by atoms with Gasteiger partial charge in [-0.25, -0.2) is 4.79 Å². The third-order valence-corrected chi connectivity index (χ3v) is 3.33. The number of nitrogens with zero attached hydrogens (tertiary/aromatic N) is 1. The summed E-state index contributed by atoms with van der Waals surface area (Å²) < 4.78 is 5.15. The molecular formula is C15H23NO3. The number of benzene rings is 1. The van der Waals surface area contributed by atoms with Crippen LogP contribution in [-0.4, -0.2) is 37.4 Å². The van der Waals surface area contributed by atoms with E-state index in [0.717, 1.165) is 25.1 Å². The molecule has 1 unspecified atom stereocenters. The van der Waals surface area contributed by atoms with E-state index in [4.69, 9.17) is 9.84 Å². The third-order valence-electron chi connectivity index (χ3n) is 3.33. The molecule has 1 atom stereocenters. The molecule has 4 nitrogen and oxygen atoms in total. The largest absolute Gasteiger partial charge is 0.478 e. The van der Waals surface area contributed by atoms with E-state index in [1.165, 1.54) is 0 Å². The Morgan fingerprint density at radius 1 is 1.42 bits per heavy atom. The van der Waals surface area contributed by atoms with Crippen molar-refractivity contribution in [1.82, 2.24) is 0 Å². The van der Waals surface area contributed by atoms with E-state index < -0.39 is 5.97 Å². The Kier molecular flexibility index (Phi) is 6.36. The van der Waals surface area contributed by atoms with Gasteiger partial charge in [-0.2, -0.15) is 0 Å². The van der Waals surface area contributed by atoms with Gasteiger partial charge in [-0.1, -0.05) is 13.0 Å². The van der Waals surface area contributed by atoms with Gasteiger partial charge in [0, 0.05) is 32.0 Å². The van der Waals surface area contributed by atoms with Crippen molar-refractivity contribution in [3.8, 4) is 0 Å². The van der Waals surface area contributed by atoms with E-state index in [-0.39, 0.29) is 0 Å². The maximum atomic E-state index is 11.0. The molecule has 0 fully saturated rings. The number of ether oxygens (including phenoxy) is 1. The van der Waals surface area contributed by atoms with Crippen molar-refractivity contribution in [2.24, 2.45) is 0 Å². The molecule has 1 rings (SSSR count). The fourth-order valence-corrected chi connectivity index (χ4v) is 2.30. The summed E-state index contributed by atoms with van der Waals surface area (Å²) in [5.74, 6) is -0.886. The molecule has 0 aliphatic carbocycles. The minimum Gasteiger partial charge on any atom is -0.478 e. The first-order valence-corrected chi connectivity index (χ1v) is 6.72. The van der Waals surface area contributed by atoms with Crippen LogP contribution in [0, 0.1) is 0 Å². The van der Waals surface area contributed by atoms with Crippen molar-refractivity contribution in [1.29, 1.82) is 0 Å². The van der Waals surface area contributed by atoms with E-state index in [9.17, 15) is 4.79 Å². The van der Waals surface area contributed by atoms with Gasteiger partial charge < -0.3 is 14.7 Å². The number of hydrogen-bond acceptors (Lipinski definition) is 3. The Morgan fingerprint density at radius 3 is 2.68 bits per heavy atom. The monoisotopic (exact) mass is 265 g/mol. The number of anilines is 1. The molecule has 0 aliphatic rings. The summed E-state index contributed by atoms with van der Waals surface area (Å²) in [6.45, 7) is 5.80. The van der Waals surface area contributed by atoms with E-state index >= 15 is 0 Å². The van der Waals surface area contributed by atoms with E-state index in [1.54, 1.807) is 25.3 Å². The summed E-state index contributed by atoms with van der Waals surface area (Å²) in [5, 5.41) is 9.06. The fourth-order valence-electron chi connectivity index (χ4n) is 2.30. The Labute approximate surface area is 115 Å². The molecule has 1 aromatic carbocycles. The molecule has 0 saturated carbocycles. The maximum Gasteiger partial charge on any atom is 0.335 e. The Balaban J connectivity index is 2.94. The zero-order valence-corrected chi connectivity index (χ0v) is 11.9. The highest BCUT2D eigenvalue weighted by molar-refractivity contribution is 5.88. The molecule has 0 bridgehead atoms. The van der Waals surface area contributed by atoms with Gasteiger partial charge in [0.2, 0.25) is 0 Å². The third kappa shape index (κ3) is 4.24. The number of aromatic carboxylic acids is 1. The second-order valence-corrected chi connectivity index (χ2v) is 4.49. The standard InChI is InChI=1S/C15H23NO3/c1-4-13(9-10-19-3)16(5-2)14-8-6-7-12(11-14)15(17)18/h6-8,11,13H,4-5,9-10H2,1-3H3,(H,17,18). The van der Waals surface area contributed by atoms with Gasteiger partial charge in [-0.05, 0) is 38.0 Å². The minimum absolute atomic E-state index is 0.331. The number of hydrogen-bond donors (Lipinski definition) is 1. The molecule has 1 aromatic rings. The smallest absolute Gasteiger partial charge is 0.335 e. The molecule has 1 N–H and O–H groups in total. The van der Waals surface area contributed by atoms with Crippen molar-refractivity contribution < 1.29 is 14.6 Å². The second kappa shape index (κ2) is 7.79. The van der Waals surface area contributed by atoms with Crippen LogP contribution in [0.2, 0.25) is 0 Å². The summed E-state index contributed by atoms with van der Waals surface area (Å²) in [6.07, 6.45) is 1.95. The lowest BCUT2D eigenvalue weighted by atomic mass is 10.1. The Hall–Kier alpha value is -1.55. The van der Waals surface area contributed by atoms with Crippen LogP contribution in [0.4, 0.5) is 5.69 Å². The summed E-state index contributed by atoms with van der Waals surface area (Å²) in [6, 6.07) is 7.49. The second-order valence-electron chi connectivity index (χ2n) is 4.49. The van der Waals surface area contributed by atoms with Crippen LogP contribution in [0.1, 0.15) is 37.0 Å². The molecule has 0 amide bonds. The van der Waals surface area contributed by atoms with Gasteiger partial charge in [0.15, 0.2) is 0 Å². The molecule has 106 valence electrons. The first-order chi connectivity index (χ1) is 9.13. The van der Waals surface area contributed by atoms with Crippen LogP contribution < -0.4 is 4.90 Å². The van der Waals surface area contributed by atoms with Gasteiger partial charge in [0.25, 0.3) is 0 Å². The number of carboxylic acids is 1. The van der Waals surface area contributed by atoms with Crippen LogP contribution in [0.25, 0.3) is 0 Å². The molecule has 0 saturated heterocycles. The lowest BCUT2D eigenvalue weighted by molar-refractivity contribution is 0.0697. The van der Waals surface area contributed by atoms with Crippen LogP contribution in [0.5, 0.6) is 0 Å². The zero-order valence-electron chi connectivity index (χ0n) is 11.9. The molecule has 4 heteroatoms. The minimum atomic E-state index is -0.886. The van der Waals surface area contributed by atoms with Crippen molar-refractivity contribution in [2.45, 2.75) is 32.7 Å². The summed E-state index contributed by atoms with van der Waals surface area (Å²) >= 11 is 0. The van der Waals surface area contributed by atoms with Crippen molar-refractivity contribution in [2.75, 3.05) is 25.2 Å². The quantitative estimate of drug-likeness (QED) is 0.785. The predicted molar refractivity (Wildman–Crippen MR) is 77.0 cm³/mol. The first kappa shape index (κ1) is 15.5. The first-order valence-electron chi connectivity index (χ1n) is 6.72. The average molecular weight is 265 g/mol. The van der Waals surface area contributed by atoms with Gasteiger partial charge in [-0.15, -0.1) is 0 Å². The van der Waals surface area contributed by atoms with E-state index in [1.807, 2.05) is 6.07 Å². The number of carbonyl (C=O) groups is 1. The molecule has 0 aliphatic heterocycles. The fraction of sp³-hybridized carbons (Fsp3) is 0.533. The van der Waals surface area contributed by atoms with Gasteiger partial charge in [0.1, 0.15) is 0 Å². The molecule has 19 heavy (non-hydrogen) atoms. The average Bonchev–Trinajstić information content (AvgIpc) is 2.43. The van der Waals surface area contributed by atoms with E-state index in [2.05, 4.69) is 18.7 Å². The molecule has 0 spiro atoms. The zero-order chi connectivity index (χ0) is 14.3. The topological polar surface area (TPSA) is 49.8 Å². The van der Waals surface area contributed by atoms with Crippen molar-refractivity contribution >= 4 is 11.7 Å². The molecule has 0 heterocycles. The van der Waals surface area contributed by atoms with Crippen LogP contribution in [-0.2, 0) is 4.74 Å². The van der Waals surface area contributed by atoms with Crippen molar-refractivity contribution in [3.05, 3.63) is 29.8 Å². The normalized spacial score (nSPS) is 12.2. The van der Waals surface area contributed by atoms with E-state index in [0.29, 0.717) is 18.2 Å². The van der Waals surface area contributed by atoms with Crippen LogP contribution in [0.3, 0.4) is 0 Å². The Bertz CT molecular complexity index is 406. The van der Waals surface area contributed by atoms with Gasteiger partial charge >= 0.3 is 5.97 Å². The lowest BCUT2D eigenvalue weighted by Crippen LogP contribution is -2.35. The maximum absolute atomic E-state index is 11.0. The molecule has 0 radical (unpaired) electrons. The summed E-state index contributed by atoms with van der Waals surface area (Å²) in [5.41, 5.74) is 1.29. The summed E-state index contributed by atoms with van der Waals surface area (Å²) in [4.78, 5) is 13.3. The highest BCUT2D eigenvalue weighted by atomic mass is 16.5. The lowest BCUT2D eigenvalue weighted by Gasteiger charge is -2.32. The Morgan fingerprint density at radius 2 is 2.16 bits per heavy atom. The van der Waals surface area contributed by atoms with Crippen molar-refractivity contribution in [3.63, 3.8) is 0 Å². The highest BCUT2D eigenvalue weighted by Crippen LogP contribution is 2.21. The van der Waals surface area contributed by atoms with Crippen LogP contribution in [0.15, 0.2) is 24.3 Å². The van der Waals surface area contributed by atoms with Crippen LogP contribution >= 0.6 is 0 Å². The van der Waals surface area contributed by atoms with Gasteiger partial charge in [-0.3, -0.25) is 0 Å². The number of carboxylic acid groups (broad SMARTS) is 1. The number of rotatable bonds is 8. The number of methoxy groups -OCH3 is 1.